The maximum Gasteiger partial charge on any atom is 0.244 e. The first-order valence-electron chi connectivity index (χ1n) is 9.46. The third kappa shape index (κ3) is 3.39. The standard InChI is InChI=1S/C20H27N3OS/c1-13(17-5-3-2-4-6-17)21-19(25)23-22-18(24)20-10-14-7-15(11-20)9-16(8-14)12-20/h2-6,13-16H,7-12H2,1H3,(H,22,24)(H2,21,23,25)/t13-,14?,15?,16?,20?/m0/s1. The Labute approximate surface area is 155 Å². The van der Waals surface area contributed by atoms with Crippen molar-refractivity contribution in [2.75, 3.05) is 0 Å². The summed E-state index contributed by atoms with van der Waals surface area (Å²) >= 11 is 5.35. The van der Waals surface area contributed by atoms with Crippen molar-refractivity contribution in [1.29, 1.82) is 0 Å². The first kappa shape index (κ1) is 16.8. The summed E-state index contributed by atoms with van der Waals surface area (Å²) in [5, 5.41) is 3.70. The van der Waals surface area contributed by atoms with Crippen LogP contribution in [0.3, 0.4) is 0 Å². The predicted molar refractivity (Wildman–Crippen MR) is 102 cm³/mol. The molecule has 0 spiro atoms. The van der Waals surface area contributed by atoms with Gasteiger partial charge in [0.1, 0.15) is 0 Å². The van der Waals surface area contributed by atoms with Crippen molar-refractivity contribution in [3.63, 3.8) is 0 Å². The monoisotopic (exact) mass is 357 g/mol. The number of nitrogens with one attached hydrogen (secondary N) is 3. The Balaban J connectivity index is 1.31. The van der Waals surface area contributed by atoms with Crippen LogP contribution in [-0.4, -0.2) is 11.0 Å². The molecule has 0 radical (unpaired) electrons. The highest BCUT2D eigenvalue weighted by atomic mass is 32.1. The highest BCUT2D eigenvalue weighted by molar-refractivity contribution is 7.80. The highest BCUT2D eigenvalue weighted by Crippen LogP contribution is 2.59. The first-order valence-corrected chi connectivity index (χ1v) is 9.87. The molecule has 4 fully saturated rings. The van der Waals surface area contributed by atoms with E-state index in [4.69, 9.17) is 12.2 Å². The minimum atomic E-state index is -0.150. The second-order valence-electron chi connectivity index (χ2n) is 8.38. The molecule has 25 heavy (non-hydrogen) atoms. The van der Waals surface area contributed by atoms with Crippen LogP contribution < -0.4 is 16.2 Å². The van der Waals surface area contributed by atoms with E-state index < -0.39 is 0 Å². The Morgan fingerprint density at radius 1 is 1.04 bits per heavy atom. The topological polar surface area (TPSA) is 53.2 Å². The van der Waals surface area contributed by atoms with Crippen LogP contribution in [0, 0.1) is 23.2 Å². The summed E-state index contributed by atoms with van der Waals surface area (Å²) in [4.78, 5) is 12.9. The second kappa shape index (κ2) is 6.60. The zero-order chi connectivity index (χ0) is 17.4. The Morgan fingerprint density at radius 2 is 1.60 bits per heavy atom. The van der Waals surface area contributed by atoms with E-state index in [0.717, 1.165) is 37.0 Å². The molecule has 3 N–H and O–H groups in total. The van der Waals surface area contributed by atoms with Crippen LogP contribution in [0.4, 0.5) is 0 Å². The Kier molecular flexibility index (Phi) is 4.44. The lowest BCUT2D eigenvalue weighted by Gasteiger charge is -2.55. The van der Waals surface area contributed by atoms with E-state index in [1.54, 1.807) is 0 Å². The van der Waals surface area contributed by atoms with Gasteiger partial charge in [-0.25, -0.2) is 0 Å². The van der Waals surface area contributed by atoms with E-state index >= 15 is 0 Å². The average Bonchev–Trinajstić information content (AvgIpc) is 2.59. The quantitative estimate of drug-likeness (QED) is 0.573. The van der Waals surface area contributed by atoms with Gasteiger partial charge in [0.15, 0.2) is 5.11 Å². The first-order chi connectivity index (χ1) is 12.0. The number of carbonyl (C=O) groups is 1. The van der Waals surface area contributed by atoms with Crippen molar-refractivity contribution < 1.29 is 4.79 Å². The second-order valence-corrected chi connectivity index (χ2v) is 8.79. The summed E-state index contributed by atoms with van der Waals surface area (Å²) < 4.78 is 0. The van der Waals surface area contributed by atoms with Crippen LogP contribution in [0.5, 0.6) is 0 Å². The number of amides is 1. The van der Waals surface area contributed by atoms with E-state index in [0.29, 0.717) is 5.11 Å². The van der Waals surface area contributed by atoms with Crippen molar-refractivity contribution in [3.8, 4) is 0 Å². The maximum absolute atomic E-state index is 12.9. The molecule has 5 heteroatoms. The molecule has 4 aliphatic carbocycles. The summed E-state index contributed by atoms with van der Waals surface area (Å²) in [5.74, 6) is 2.43. The molecule has 5 rings (SSSR count). The van der Waals surface area contributed by atoms with Gasteiger partial charge in [-0.3, -0.25) is 15.6 Å². The van der Waals surface area contributed by atoms with E-state index in [-0.39, 0.29) is 17.4 Å². The summed E-state index contributed by atoms with van der Waals surface area (Å²) in [5.41, 5.74) is 6.85. The molecular weight excluding hydrogens is 330 g/mol. The van der Waals surface area contributed by atoms with Crippen LogP contribution in [0.25, 0.3) is 0 Å². The molecular formula is C20H27N3OS. The summed E-state index contributed by atoms with van der Waals surface area (Å²) in [7, 11) is 0. The number of thiocarbonyl (C=S) groups is 1. The molecule has 1 aromatic rings. The number of hydrogen-bond acceptors (Lipinski definition) is 2. The molecule has 4 bridgehead atoms. The predicted octanol–water partition coefficient (Wildman–Crippen LogP) is 3.46. The lowest BCUT2D eigenvalue weighted by atomic mass is 9.49. The third-order valence-corrected chi connectivity index (χ3v) is 6.68. The van der Waals surface area contributed by atoms with E-state index in [1.165, 1.54) is 24.8 Å². The van der Waals surface area contributed by atoms with E-state index in [2.05, 4.69) is 35.2 Å². The smallest absolute Gasteiger partial charge is 0.244 e. The summed E-state index contributed by atoms with van der Waals surface area (Å²) in [6.07, 6.45) is 7.21. The van der Waals surface area contributed by atoms with Crippen molar-refractivity contribution in [1.82, 2.24) is 16.2 Å². The van der Waals surface area contributed by atoms with Gasteiger partial charge in [0.05, 0.1) is 11.5 Å². The molecule has 1 amide bonds. The van der Waals surface area contributed by atoms with Gasteiger partial charge >= 0.3 is 0 Å². The Bertz CT molecular complexity index is 625. The largest absolute Gasteiger partial charge is 0.355 e. The molecule has 0 unspecified atom stereocenters. The van der Waals surface area contributed by atoms with Crippen LogP contribution in [-0.2, 0) is 4.79 Å². The molecule has 4 aliphatic rings. The fraction of sp³-hybridized carbons (Fsp3) is 0.600. The fourth-order valence-electron chi connectivity index (χ4n) is 5.69. The maximum atomic E-state index is 12.9. The molecule has 0 aliphatic heterocycles. The van der Waals surface area contributed by atoms with Gasteiger partial charge in [0.25, 0.3) is 0 Å². The lowest BCUT2D eigenvalue weighted by molar-refractivity contribution is -0.146. The molecule has 1 atom stereocenters. The van der Waals surface area contributed by atoms with Gasteiger partial charge in [-0.2, -0.15) is 0 Å². The Morgan fingerprint density at radius 3 is 2.16 bits per heavy atom. The minimum absolute atomic E-state index is 0.0950. The van der Waals surface area contributed by atoms with Crippen LogP contribution >= 0.6 is 12.2 Å². The van der Waals surface area contributed by atoms with Gasteiger partial charge < -0.3 is 5.32 Å². The number of rotatable bonds is 3. The zero-order valence-electron chi connectivity index (χ0n) is 14.8. The number of benzene rings is 1. The van der Waals surface area contributed by atoms with Crippen LogP contribution in [0.15, 0.2) is 30.3 Å². The van der Waals surface area contributed by atoms with Gasteiger partial charge in [0, 0.05) is 0 Å². The third-order valence-electron chi connectivity index (χ3n) is 6.46. The average molecular weight is 358 g/mol. The van der Waals surface area contributed by atoms with Crippen molar-refractivity contribution >= 4 is 23.2 Å². The number of carbonyl (C=O) groups excluding carboxylic acids is 1. The SMILES string of the molecule is C[C@H](NC(=S)NNC(=O)C12CC3CC(CC(C3)C1)C2)c1ccccc1. The fourth-order valence-corrected chi connectivity index (χ4v) is 5.92. The van der Waals surface area contributed by atoms with Crippen LogP contribution in [0.1, 0.15) is 57.1 Å². The minimum Gasteiger partial charge on any atom is -0.355 e. The van der Waals surface area contributed by atoms with Crippen LogP contribution in [0.2, 0.25) is 0 Å². The van der Waals surface area contributed by atoms with E-state index in [9.17, 15) is 4.79 Å². The molecule has 134 valence electrons. The van der Waals surface area contributed by atoms with Crippen molar-refractivity contribution in [2.45, 2.75) is 51.5 Å². The highest BCUT2D eigenvalue weighted by Gasteiger charge is 2.54. The van der Waals surface area contributed by atoms with E-state index in [1.807, 2.05) is 18.2 Å². The van der Waals surface area contributed by atoms with Gasteiger partial charge in [-0.05, 0) is 81.0 Å². The molecule has 4 nitrogen and oxygen atoms in total. The molecule has 0 aromatic heterocycles. The van der Waals surface area contributed by atoms with Gasteiger partial charge in [-0.1, -0.05) is 30.3 Å². The van der Waals surface area contributed by atoms with Crippen molar-refractivity contribution in [3.05, 3.63) is 35.9 Å². The zero-order valence-corrected chi connectivity index (χ0v) is 15.6. The van der Waals surface area contributed by atoms with Crippen molar-refractivity contribution in [2.24, 2.45) is 23.2 Å². The lowest BCUT2D eigenvalue weighted by Crippen LogP contribution is -2.57. The molecule has 0 saturated heterocycles. The summed E-state index contributed by atoms with van der Waals surface area (Å²) in [6.45, 7) is 2.06. The molecule has 1 aromatic carbocycles. The van der Waals surface area contributed by atoms with Gasteiger partial charge in [0.2, 0.25) is 5.91 Å². The molecule has 0 heterocycles. The summed E-state index contributed by atoms with van der Waals surface area (Å²) in [6, 6.07) is 10.2. The number of hydrogen-bond donors (Lipinski definition) is 3. The van der Waals surface area contributed by atoms with Gasteiger partial charge in [-0.15, -0.1) is 0 Å². The Hall–Kier alpha value is -1.62. The molecule has 4 saturated carbocycles. The number of hydrazine groups is 1. The normalized spacial score (nSPS) is 33.6.